The normalized spacial score (nSPS) is 22.3. The first-order valence-corrected chi connectivity index (χ1v) is 10.7. The molecule has 0 aliphatic carbocycles. The molecule has 2 aliphatic rings. The van der Waals surface area contributed by atoms with Crippen molar-refractivity contribution < 1.29 is 24.1 Å². The Hall–Kier alpha value is -2.51. The minimum Gasteiger partial charge on any atom is -0.444 e. The van der Waals surface area contributed by atoms with Gasteiger partial charge in [0.2, 0.25) is 0 Å². The lowest BCUT2D eigenvalue weighted by Crippen LogP contribution is -2.47. The number of hydrogen-bond donors (Lipinski definition) is 1. The highest BCUT2D eigenvalue weighted by atomic mass is 35.5. The molecule has 1 saturated heterocycles. The third-order valence-electron chi connectivity index (χ3n) is 5.52. The zero-order valence-electron chi connectivity index (χ0n) is 18.1. The van der Waals surface area contributed by atoms with E-state index < -0.39 is 17.0 Å². The van der Waals surface area contributed by atoms with Gasteiger partial charge in [-0.2, -0.15) is 0 Å². The van der Waals surface area contributed by atoms with Gasteiger partial charge in [0.1, 0.15) is 11.3 Å². The summed E-state index contributed by atoms with van der Waals surface area (Å²) in [5, 5.41) is 12.0. The Kier molecular flexibility index (Phi) is 5.30. The zero-order valence-corrected chi connectivity index (χ0v) is 18.9. The van der Waals surface area contributed by atoms with E-state index in [1.54, 1.807) is 36.2 Å². The number of pyridine rings is 1. The SMILES string of the molecule is CC(C)(C)OC(=O)N1CCC(O)(c2cccc3c2O[C@](C)(c2ccc(Cl)cn2)O3)CC1. The lowest BCUT2D eigenvalue weighted by atomic mass is 9.84. The summed E-state index contributed by atoms with van der Waals surface area (Å²) in [5.74, 6) is -0.0916. The molecule has 0 spiro atoms. The topological polar surface area (TPSA) is 81.1 Å². The van der Waals surface area contributed by atoms with Crippen LogP contribution in [0.25, 0.3) is 0 Å². The Morgan fingerprint density at radius 1 is 1.19 bits per heavy atom. The van der Waals surface area contributed by atoms with Crippen LogP contribution in [0.5, 0.6) is 11.5 Å². The van der Waals surface area contributed by atoms with Gasteiger partial charge in [-0.15, -0.1) is 0 Å². The molecule has 2 aliphatic heterocycles. The van der Waals surface area contributed by atoms with Gasteiger partial charge in [-0.25, -0.2) is 4.79 Å². The Morgan fingerprint density at radius 3 is 2.52 bits per heavy atom. The molecule has 7 nitrogen and oxygen atoms in total. The van der Waals surface area contributed by atoms with Crippen LogP contribution in [0.1, 0.15) is 51.8 Å². The maximum Gasteiger partial charge on any atom is 0.410 e. The molecule has 8 heteroatoms. The van der Waals surface area contributed by atoms with Crippen LogP contribution >= 0.6 is 11.6 Å². The number of para-hydroxylation sites is 1. The summed E-state index contributed by atoms with van der Waals surface area (Å²) in [5.41, 5.74) is -0.486. The smallest absolute Gasteiger partial charge is 0.410 e. The lowest BCUT2D eigenvalue weighted by Gasteiger charge is -2.39. The number of fused-ring (bicyclic) bond motifs is 1. The van der Waals surface area contributed by atoms with E-state index in [0.717, 1.165) is 0 Å². The van der Waals surface area contributed by atoms with Crippen LogP contribution in [-0.4, -0.2) is 39.8 Å². The molecule has 0 bridgehead atoms. The van der Waals surface area contributed by atoms with Crippen molar-refractivity contribution in [3.63, 3.8) is 0 Å². The number of ether oxygens (including phenoxy) is 3. The summed E-state index contributed by atoms with van der Waals surface area (Å²) < 4.78 is 17.8. The van der Waals surface area contributed by atoms with E-state index in [0.29, 0.717) is 53.7 Å². The first-order valence-electron chi connectivity index (χ1n) is 10.3. The summed E-state index contributed by atoms with van der Waals surface area (Å²) in [7, 11) is 0. The molecular weight excluding hydrogens is 420 g/mol. The zero-order chi connectivity index (χ0) is 22.4. The van der Waals surface area contributed by atoms with E-state index in [4.69, 9.17) is 25.8 Å². The van der Waals surface area contributed by atoms with Crippen LogP contribution in [-0.2, 0) is 16.1 Å². The molecule has 1 N–H and O–H groups in total. The van der Waals surface area contributed by atoms with E-state index in [2.05, 4.69) is 4.98 Å². The number of aliphatic hydroxyl groups is 1. The average Bonchev–Trinajstić information content (AvgIpc) is 3.04. The van der Waals surface area contributed by atoms with Crippen LogP contribution in [0.3, 0.4) is 0 Å². The number of rotatable bonds is 2. The number of carbonyl (C=O) groups excluding carboxylic acids is 1. The summed E-state index contributed by atoms with van der Waals surface area (Å²) in [6, 6.07) is 8.95. The number of piperidine rings is 1. The second kappa shape index (κ2) is 7.57. The molecule has 3 heterocycles. The van der Waals surface area contributed by atoms with Crippen molar-refractivity contribution in [2.75, 3.05) is 13.1 Å². The molecule has 31 heavy (non-hydrogen) atoms. The highest BCUT2D eigenvalue weighted by Gasteiger charge is 2.46. The van der Waals surface area contributed by atoms with Crippen molar-refractivity contribution in [2.24, 2.45) is 0 Å². The Labute approximate surface area is 186 Å². The second-order valence-corrected chi connectivity index (χ2v) is 9.58. The number of amides is 1. The molecule has 0 saturated carbocycles. The molecule has 2 aromatic rings. The van der Waals surface area contributed by atoms with Crippen molar-refractivity contribution >= 4 is 17.7 Å². The average molecular weight is 447 g/mol. The van der Waals surface area contributed by atoms with E-state index in [1.807, 2.05) is 32.9 Å². The predicted molar refractivity (Wildman–Crippen MR) is 115 cm³/mol. The maximum atomic E-state index is 12.4. The molecule has 1 fully saturated rings. The number of hydrogen-bond acceptors (Lipinski definition) is 6. The van der Waals surface area contributed by atoms with Gasteiger partial charge in [-0.05, 0) is 51.8 Å². The van der Waals surface area contributed by atoms with Gasteiger partial charge in [0, 0.05) is 31.8 Å². The van der Waals surface area contributed by atoms with Crippen LogP contribution in [0, 0.1) is 0 Å². The number of nitrogens with zero attached hydrogens (tertiary/aromatic N) is 2. The summed E-state index contributed by atoms with van der Waals surface area (Å²) in [6.07, 6.45) is 1.90. The van der Waals surface area contributed by atoms with Crippen LogP contribution in [0.2, 0.25) is 5.02 Å². The van der Waals surface area contributed by atoms with E-state index in [9.17, 15) is 9.90 Å². The van der Waals surface area contributed by atoms with Crippen LogP contribution in [0.15, 0.2) is 36.5 Å². The van der Waals surface area contributed by atoms with Crippen molar-refractivity contribution in [3.8, 4) is 11.5 Å². The van der Waals surface area contributed by atoms with Gasteiger partial charge >= 0.3 is 6.09 Å². The quantitative estimate of drug-likeness (QED) is 0.726. The fourth-order valence-corrected chi connectivity index (χ4v) is 4.01. The number of likely N-dealkylation sites (tertiary alicyclic amines) is 1. The largest absolute Gasteiger partial charge is 0.444 e. The molecule has 0 radical (unpaired) electrons. The van der Waals surface area contributed by atoms with Gasteiger partial charge in [-0.3, -0.25) is 4.98 Å². The molecule has 1 atom stereocenters. The summed E-state index contributed by atoms with van der Waals surface area (Å²) in [6.45, 7) is 8.05. The van der Waals surface area contributed by atoms with E-state index >= 15 is 0 Å². The second-order valence-electron chi connectivity index (χ2n) is 9.14. The first-order chi connectivity index (χ1) is 14.5. The van der Waals surface area contributed by atoms with Crippen molar-refractivity contribution in [2.45, 2.75) is 57.5 Å². The highest BCUT2D eigenvalue weighted by Crippen LogP contribution is 2.50. The number of carbonyl (C=O) groups is 1. The van der Waals surface area contributed by atoms with Gasteiger partial charge in [-0.1, -0.05) is 23.7 Å². The molecule has 0 unspecified atom stereocenters. The molecule has 1 aromatic heterocycles. The molecular formula is C23H27ClN2O5. The van der Waals surface area contributed by atoms with Crippen LogP contribution in [0.4, 0.5) is 4.79 Å². The Morgan fingerprint density at radius 2 is 1.90 bits per heavy atom. The standard InChI is InChI=1S/C23H27ClN2O5/c1-21(2,3)31-20(27)26-12-10-23(28,11-13-26)16-6-5-7-17-19(16)30-22(4,29-17)18-9-8-15(24)14-25-18/h5-9,14,28H,10-13H2,1-4H3/t22-/m1/s1. The summed E-state index contributed by atoms with van der Waals surface area (Å²) in [4.78, 5) is 18.3. The molecule has 166 valence electrons. The Bertz CT molecular complexity index is 980. The van der Waals surface area contributed by atoms with Crippen molar-refractivity contribution in [1.82, 2.24) is 9.88 Å². The number of benzene rings is 1. The molecule has 1 aromatic carbocycles. The molecule has 4 rings (SSSR count). The third kappa shape index (κ3) is 4.29. The van der Waals surface area contributed by atoms with Crippen molar-refractivity contribution in [1.29, 1.82) is 0 Å². The number of halogens is 1. The fraction of sp³-hybridized carbons (Fsp3) is 0.478. The predicted octanol–water partition coefficient (Wildman–Crippen LogP) is 4.60. The monoisotopic (exact) mass is 446 g/mol. The van der Waals surface area contributed by atoms with Crippen LogP contribution < -0.4 is 9.47 Å². The van der Waals surface area contributed by atoms with Gasteiger partial charge < -0.3 is 24.2 Å². The summed E-state index contributed by atoms with van der Waals surface area (Å²) >= 11 is 5.95. The highest BCUT2D eigenvalue weighted by molar-refractivity contribution is 6.30. The maximum absolute atomic E-state index is 12.4. The van der Waals surface area contributed by atoms with E-state index in [-0.39, 0.29) is 6.09 Å². The molecule has 1 amide bonds. The van der Waals surface area contributed by atoms with E-state index in [1.165, 1.54) is 0 Å². The van der Waals surface area contributed by atoms with Gasteiger partial charge in [0.25, 0.3) is 5.79 Å². The van der Waals surface area contributed by atoms with Crippen molar-refractivity contribution in [3.05, 3.63) is 52.8 Å². The van der Waals surface area contributed by atoms with Gasteiger partial charge in [0.05, 0.1) is 10.6 Å². The number of aromatic nitrogens is 1. The lowest BCUT2D eigenvalue weighted by molar-refractivity contribution is -0.0758. The first kappa shape index (κ1) is 21.7. The third-order valence-corrected chi connectivity index (χ3v) is 5.74. The fourth-order valence-electron chi connectivity index (χ4n) is 3.90. The van der Waals surface area contributed by atoms with Gasteiger partial charge in [0.15, 0.2) is 11.5 Å². The minimum atomic E-state index is -1.15. The Balaban J connectivity index is 1.54. The minimum absolute atomic E-state index is 0.363.